The van der Waals surface area contributed by atoms with Gasteiger partial charge in [0.2, 0.25) is 0 Å². The number of nitrogens with one attached hydrogen (secondary N) is 1. The first kappa shape index (κ1) is 13.1. The van der Waals surface area contributed by atoms with Crippen molar-refractivity contribution in [3.05, 3.63) is 10.1 Å². The van der Waals surface area contributed by atoms with E-state index in [0.29, 0.717) is 0 Å². The highest BCUT2D eigenvalue weighted by Gasteiger charge is 1.82. The molecule has 0 saturated heterocycles. The Bertz CT molecular complexity index is 166. The average molecular weight is 176 g/mol. The first-order valence-electron chi connectivity index (χ1n) is 3.25. The summed E-state index contributed by atoms with van der Waals surface area (Å²) in [5.41, 5.74) is 0. The van der Waals surface area contributed by atoms with E-state index < -0.39 is 11.3 Å². The summed E-state index contributed by atoms with van der Waals surface area (Å²) in [6.45, 7) is 3.58. The van der Waals surface area contributed by atoms with Gasteiger partial charge in [0.1, 0.15) is 6.23 Å². The van der Waals surface area contributed by atoms with Crippen LogP contribution in [0.5, 0.6) is 0 Å². The third kappa shape index (κ3) is 38.9. The lowest BCUT2D eigenvalue weighted by molar-refractivity contribution is -0.742. The molecule has 70 valence electrons. The normalized spacial score (nSPS) is 9.58. The molecule has 0 radical (unpaired) electrons. The molecule has 0 spiro atoms. The van der Waals surface area contributed by atoms with Crippen molar-refractivity contribution in [3.8, 4) is 12.0 Å². The highest BCUT2D eigenvalue weighted by molar-refractivity contribution is 4.95. The second-order valence-electron chi connectivity index (χ2n) is 1.71. The average Bonchev–Trinajstić information content (AvgIpc) is 1.86. The van der Waals surface area contributed by atoms with Gasteiger partial charge in [0.15, 0.2) is 0 Å². The zero-order chi connectivity index (χ0) is 9.98. The Kier molecular flexibility index (Phi) is 10.4. The molecule has 0 rings (SSSR count). The van der Waals surface area contributed by atoms with Gasteiger partial charge in [0.25, 0.3) is 5.09 Å². The van der Waals surface area contributed by atoms with Crippen molar-refractivity contribution in [2.45, 2.75) is 26.5 Å². The summed E-state index contributed by atoms with van der Waals surface area (Å²) in [6.07, 6.45) is 0.300. The topological polar surface area (TPSA) is 95.6 Å². The van der Waals surface area contributed by atoms with Gasteiger partial charge < -0.3 is 15.6 Å². The van der Waals surface area contributed by atoms with Crippen molar-refractivity contribution >= 4 is 0 Å². The van der Waals surface area contributed by atoms with E-state index in [4.69, 9.17) is 20.4 Å². The third-order valence-electron chi connectivity index (χ3n) is 0.546. The number of aliphatic hydroxyl groups is 1. The molecule has 0 aliphatic heterocycles. The second kappa shape index (κ2) is 9.52. The van der Waals surface area contributed by atoms with E-state index in [1.54, 1.807) is 6.92 Å². The Morgan fingerprint density at radius 1 is 1.75 bits per heavy atom. The summed E-state index contributed by atoms with van der Waals surface area (Å²) in [4.78, 5) is 8.36. The quantitative estimate of drug-likeness (QED) is 0.171. The highest BCUT2D eigenvalue weighted by atomic mass is 16.9. The van der Waals surface area contributed by atoms with Crippen molar-refractivity contribution in [1.29, 1.82) is 0 Å². The smallest absolute Gasteiger partial charge is 0.291 e. The summed E-state index contributed by atoms with van der Waals surface area (Å²) < 4.78 is 0. The van der Waals surface area contributed by atoms with Gasteiger partial charge in [-0.2, -0.15) is 0 Å². The first-order chi connectivity index (χ1) is 5.50. The van der Waals surface area contributed by atoms with Crippen LogP contribution in [0.15, 0.2) is 0 Å². The van der Waals surface area contributed by atoms with Gasteiger partial charge in [-0.3, -0.25) is 0 Å². The molecule has 0 aliphatic carbocycles. The van der Waals surface area contributed by atoms with Crippen molar-refractivity contribution in [2.24, 2.45) is 0 Å². The maximum atomic E-state index is 8.57. The molecule has 3 N–H and O–H groups in total. The van der Waals surface area contributed by atoms with Gasteiger partial charge >= 0.3 is 0 Å². The number of hydrogen-bond donors (Lipinski definition) is 3. The van der Waals surface area contributed by atoms with Crippen LogP contribution in [0.4, 0.5) is 0 Å². The van der Waals surface area contributed by atoms with E-state index in [-0.39, 0.29) is 0 Å². The lowest BCUT2D eigenvalue weighted by atomic mass is 10.5. The van der Waals surface area contributed by atoms with E-state index in [9.17, 15) is 0 Å². The number of nitrogens with zero attached hydrogens (tertiary/aromatic N) is 1. The first-order valence-corrected chi connectivity index (χ1v) is 3.25. The van der Waals surface area contributed by atoms with Gasteiger partial charge in [-0.05, 0) is 6.92 Å². The van der Waals surface area contributed by atoms with Gasteiger partial charge in [0, 0.05) is 12.5 Å². The fourth-order valence-electron chi connectivity index (χ4n) is 0.244. The Hall–Kier alpha value is -1.48. The third-order valence-corrected chi connectivity index (χ3v) is 0.546. The number of hydrogen-bond acceptors (Lipinski definition) is 4. The predicted octanol–water partition coefficient (Wildman–Crippen LogP) is -0.0625. The van der Waals surface area contributed by atoms with Crippen LogP contribution in [0, 0.1) is 22.1 Å². The van der Waals surface area contributed by atoms with E-state index in [1.165, 1.54) is 0 Å². The lowest BCUT2D eigenvalue weighted by Gasteiger charge is -1.96. The van der Waals surface area contributed by atoms with Gasteiger partial charge in [-0.15, -0.1) is 10.1 Å². The molecule has 0 bridgehead atoms. The largest absolute Gasteiger partial charge is 0.374 e. The molecule has 12 heavy (non-hydrogen) atoms. The second-order valence-corrected chi connectivity index (χ2v) is 1.71. The molecule has 1 atom stereocenters. The molecule has 0 aliphatic rings. The summed E-state index contributed by atoms with van der Waals surface area (Å²) in [5, 5.41) is 24.7. The van der Waals surface area contributed by atoms with Crippen LogP contribution in [0.2, 0.25) is 0 Å². The number of aliphatic hydroxyl groups excluding tert-OH is 1. The van der Waals surface area contributed by atoms with Crippen LogP contribution in [-0.2, 0) is 0 Å². The van der Waals surface area contributed by atoms with E-state index >= 15 is 0 Å². The Labute approximate surface area is 70.3 Å². The van der Waals surface area contributed by atoms with Crippen molar-refractivity contribution in [3.63, 3.8) is 0 Å². The molecule has 1 unspecified atom stereocenters. The molecular formula is C6H12N2O4. The molecule has 0 aromatic heterocycles. The highest BCUT2D eigenvalue weighted by Crippen LogP contribution is 1.68. The molecule has 0 amide bonds. The molecule has 0 saturated carbocycles. The summed E-state index contributed by atoms with van der Waals surface area (Å²) in [5.74, 6) is 2.76. The van der Waals surface area contributed by atoms with Gasteiger partial charge in [-0.1, -0.05) is 12.8 Å². The van der Waals surface area contributed by atoms with Crippen molar-refractivity contribution in [1.82, 2.24) is 5.32 Å². The monoisotopic (exact) mass is 176 g/mol. The Balaban J connectivity index is 0. The van der Waals surface area contributed by atoms with E-state index in [0.717, 1.165) is 6.42 Å². The fourth-order valence-corrected chi connectivity index (χ4v) is 0.244. The molecule has 0 fully saturated rings. The van der Waals surface area contributed by atoms with Gasteiger partial charge in [0.05, 0.1) is 0 Å². The maximum Gasteiger partial charge on any atom is 0.291 e. The van der Waals surface area contributed by atoms with Crippen LogP contribution in [0.1, 0.15) is 20.3 Å². The number of rotatable bonds is 1. The summed E-state index contributed by atoms with van der Waals surface area (Å²) in [7, 11) is 0. The Morgan fingerprint density at radius 3 is 2.42 bits per heavy atom. The standard InChI is InChI=1S/C6H11NO.HNO3/c1-3-4-5-7-6(2)8;2-1(3)4/h6-8H,3H2,1-2H3;(H,2,3,4). The molecular weight excluding hydrogens is 164 g/mol. The molecule has 0 aromatic carbocycles. The molecule has 0 aromatic rings. The van der Waals surface area contributed by atoms with Gasteiger partial charge in [-0.25, -0.2) is 0 Å². The minimum atomic E-state index is -1.50. The van der Waals surface area contributed by atoms with Crippen LogP contribution >= 0.6 is 0 Å². The summed E-state index contributed by atoms with van der Waals surface area (Å²) >= 11 is 0. The van der Waals surface area contributed by atoms with E-state index in [2.05, 4.69) is 17.3 Å². The van der Waals surface area contributed by atoms with Crippen molar-refractivity contribution in [2.75, 3.05) is 0 Å². The van der Waals surface area contributed by atoms with Crippen LogP contribution in [0.25, 0.3) is 0 Å². The zero-order valence-corrected chi connectivity index (χ0v) is 6.94. The predicted molar refractivity (Wildman–Crippen MR) is 41.7 cm³/mol. The van der Waals surface area contributed by atoms with E-state index in [1.807, 2.05) is 6.92 Å². The van der Waals surface area contributed by atoms with Crippen LogP contribution in [-0.4, -0.2) is 21.6 Å². The van der Waals surface area contributed by atoms with Crippen LogP contribution < -0.4 is 5.32 Å². The molecule has 0 heterocycles. The summed E-state index contributed by atoms with van der Waals surface area (Å²) in [6, 6.07) is 2.58. The van der Waals surface area contributed by atoms with Crippen LogP contribution in [0.3, 0.4) is 0 Å². The Morgan fingerprint density at radius 2 is 2.17 bits per heavy atom. The minimum Gasteiger partial charge on any atom is -0.374 e. The molecule has 6 nitrogen and oxygen atoms in total. The fraction of sp³-hybridized carbons (Fsp3) is 0.667. The SMILES string of the molecule is CCC#CNC(C)O.O=[N+]([O-])O. The van der Waals surface area contributed by atoms with Crippen molar-refractivity contribution < 1.29 is 15.4 Å². The minimum absolute atomic E-state index is 0.519. The zero-order valence-electron chi connectivity index (χ0n) is 6.94. The maximum absolute atomic E-state index is 8.57. The molecule has 6 heteroatoms. The lowest BCUT2D eigenvalue weighted by Crippen LogP contribution is -2.19.